The average molecular weight is 250 g/mol. The van der Waals surface area contributed by atoms with Crippen LogP contribution in [-0.4, -0.2) is 36.3 Å². The molecule has 0 bridgehead atoms. The molecule has 1 aliphatic rings. The van der Waals surface area contributed by atoms with E-state index in [2.05, 4.69) is 10.6 Å². The number of aryl methyl sites for hydroxylation is 1. The van der Waals surface area contributed by atoms with Crippen molar-refractivity contribution < 1.29 is 14.6 Å². The van der Waals surface area contributed by atoms with Crippen molar-refractivity contribution in [3.63, 3.8) is 0 Å². The summed E-state index contributed by atoms with van der Waals surface area (Å²) >= 11 is 0. The summed E-state index contributed by atoms with van der Waals surface area (Å²) in [6, 6.07) is 4.82. The van der Waals surface area contributed by atoms with Crippen molar-refractivity contribution in [1.82, 2.24) is 5.32 Å². The number of benzene rings is 1. The molecule has 1 aromatic carbocycles. The highest BCUT2D eigenvalue weighted by molar-refractivity contribution is 5.92. The summed E-state index contributed by atoms with van der Waals surface area (Å²) in [5.74, 6) is 0.00622. The first-order chi connectivity index (χ1) is 8.48. The van der Waals surface area contributed by atoms with E-state index >= 15 is 0 Å². The lowest BCUT2D eigenvalue weighted by atomic mass is 10.0. The van der Waals surface area contributed by atoms with E-state index in [9.17, 15) is 9.90 Å². The van der Waals surface area contributed by atoms with Gasteiger partial charge in [-0.15, -0.1) is 0 Å². The number of ether oxygens (including phenoxy) is 1. The van der Waals surface area contributed by atoms with Crippen LogP contribution in [0.4, 0.5) is 5.69 Å². The summed E-state index contributed by atoms with van der Waals surface area (Å²) < 4.78 is 5.54. The Balaban J connectivity index is 1.87. The van der Waals surface area contributed by atoms with Crippen molar-refractivity contribution in [2.75, 3.05) is 25.0 Å². The van der Waals surface area contributed by atoms with Crippen LogP contribution in [0.5, 0.6) is 5.75 Å². The standard InChI is InChI=1S/C13H18N2O3/c1-9-5-10(16)3-4-11(9)15-12(17)6-18-13(2)7-14-8-13/h3-5,14,16H,6-8H2,1-2H3,(H,15,17). The Morgan fingerprint density at radius 3 is 2.83 bits per heavy atom. The Bertz CT molecular complexity index is 456. The molecule has 2 rings (SSSR count). The maximum absolute atomic E-state index is 11.7. The summed E-state index contributed by atoms with van der Waals surface area (Å²) in [5, 5.41) is 15.1. The molecule has 3 N–H and O–H groups in total. The molecule has 0 radical (unpaired) electrons. The average Bonchev–Trinajstić information content (AvgIpc) is 2.28. The van der Waals surface area contributed by atoms with Crippen LogP contribution in [0, 0.1) is 6.92 Å². The van der Waals surface area contributed by atoms with Crippen LogP contribution >= 0.6 is 0 Å². The quantitative estimate of drug-likeness (QED) is 0.698. The van der Waals surface area contributed by atoms with Gasteiger partial charge in [-0.1, -0.05) is 0 Å². The maximum atomic E-state index is 11.7. The minimum absolute atomic E-state index is 0.0402. The number of amides is 1. The number of hydrogen-bond acceptors (Lipinski definition) is 4. The van der Waals surface area contributed by atoms with E-state index in [0.717, 1.165) is 18.7 Å². The molecule has 0 unspecified atom stereocenters. The van der Waals surface area contributed by atoms with E-state index in [4.69, 9.17) is 4.74 Å². The van der Waals surface area contributed by atoms with E-state index in [1.165, 1.54) is 0 Å². The first-order valence-electron chi connectivity index (χ1n) is 5.93. The van der Waals surface area contributed by atoms with Crippen LogP contribution < -0.4 is 10.6 Å². The molecular weight excluding hydrogens is 232 g/mol. The van der Waals surface area contributed by atoms with Gasteiger partial charge >= 0.3 is 0 Å². The van der Waals surface area contributed by atoms with Crippen molar-refractivity contribution >= 4 is 11.6 Å². The van der Waals surface area contributed by atoms with Gasteiger partial charge in [0.05, 0.1) is 5.60 Å². The molecule has 5 heteroatoms. The van der Waals surface area contributed by atoms with Crippen molar-refractivity contribution in [3.05, 3.63) is 23.8 Å². The number of phenols is 1. The van der Waals surface area contributed by atoms with E-state index in [1.807, 2.05) is 13.8 Å². The van der Waals surface area contributed by atoms with Gasteiger partial charge in [-0.25, -0.2) is 0 Å². The van der Waals surface area contributed by atoms with Crippen LogP contribution in [0.3, 0.4) is 0 Å². The summed E-state index contributed by atoms with van der Waals surface area (Å²) in [4.78, 5) is 11.7. The van der Waals surface area contributed by atoms with Crippen molar-refractivity contribution in [2.24, 2.45) is 0 Å². The smallest absolute Gasteiger partial charge is 0.250 e. The second kappa shape index (κ2) is 4.96. The van der Waals surface area contributed by atoms with E-state index < -0.39 is 0 Å². The molecule has 98 valence electrons. The van der Waals surface area contributed by atoms with Crippen LogP contribution in [0.15, 0.2) is 18.2 Å². The van der Waals surface area contributed by atoms with Crippen LogP contribution in [0.2, 0.25) is 0 Å². The number of aromatic hydroxyl groups is 1. The molecule has 5 nitrogen and oxygen atoms in total. The zero-order valence-electron chi connectivity index (χ0n) is 10.6. The molecule has 0 aromatic heterocycles. The number of rotatable bonds is 4. The molecule has 1 amide bonds. The minimum atomic E-state index is -0.221. The molecule has 0 atom stereocenters. The predicted octanol–water partition coefficient (Wildman–Crippen LogP) is 1.02. The molecule has 18 heavy (non-hydrogen) atoms. The minimum Gasteiger partial charge on any atom is -0.508 e. The Labute approximate surface area is 106 Å². The first-order valence-corrected chi connectivity index (χ1v) is 5.93. The summed E-state index contributed by atoms with van der Waals surface area (Å²) in [6.45, 7) is 5.39. The third-order valence-electron chi connectivity index (χ3n) is 3.03. The van der Waals surface area contributed by atoms with Gasteiger partial charge in [0, 0.05) is 18.8 Å². The van der Waals surface area contributed by atoms with E-state index in [-0.39, 0.29) is 23.9 Å². The molecule has 1 heterocycles. The molecule has 0 aliphatic carbocycles. The third kappa shape index (κ3) is 3.00. The highest BCUT2D eigenvalue weighted by Crippen LogP contribution is 2.20. The van der Waals surface area contributed by atoms with Crippen LogP contribution in [-0.2, 0) is 9.53 Å². The molecular formula is C13H18N2O3. The number of anilines is 1. The largest absolute Gasteiger partial charge is 0.508 e. The number of nitrogens with one attached hydrogen (secondary N) is 2. The summed E-state index contributed by atoms with van der Waals surface area (Å²) in [7, 11) is 0. The normalized spacial score (nSPS) is 17.0. The highest BCUT2D eigenvalue weighted by Gasteiger charge is 2.32. The zero-order chi connectivity index (χ0) is 13.2. The lowest BCUT2D eigenvalue weighted by Gasteiger charge is -2.38. The zero-order valence-corrected chi connectivity index (χ0v) is 10.6. The summed E-state index contributed by atoms with van der Waals surface area (Å²) in [6.07, 6.45) is 0. The lowest BCUT2D eigenvalue weighted by molar-refractivity contribution is -0.130. The Morgan fingerprint density at radius 1 is 1.56 bits per heavy atom. The fourth-order valence-corrected chi connectivity index (χ4v) is 1.79. The second-order valence-corrected chi connectivity index (χ2v) is 4.89. The van der Waals surface area contributed by atoms with Crippen LogP contribution in [0.1, 0.15) is 12.5 Å². The highest BCUT2D eigenvalue weighted by atomic mass is 16.5. The van der Waals surface area contributed by atoms with Gasteiger partial charge < -0.3 is 20.5 Å². The molecule has 1 aromatic rings. The molecule has 0 spiro atoms. The number of carbonyl (C=O) groups is 1. The van der Waals surface area contributed by atoms with Gasteiger partial charge in [-0.3, -0.25) is 4.79 Å². The van der Waals surface area contributed by atoms with Gasteiger partial charge in [0.25, 0.3) is 0 Å². The third-order valence-corrected chi connectivity index (χ3v) is 3.03. The van der Waals surface area contributed by atoms with E-state index in [0.29, 0.717) is 5.69 Å². The predicted molar refractivity (Wildman–Crippen MR) is 68.7 cm³/mol. The molecule has 0 saturated carbocycles. The second-order valence-electron chi connectivity index (χ2n) is 4.89. The molecule has 1 saturated heterocycles. The van der Waals surface area contributed by atoms with Crippen LogP contribution in [0.25, 0.3) is 0 Å². The Kier molecular flexibility index (Phi) is 3.54. The summed E-state index contributed by atoms with van der Waals surface area (Å²) in [5.41, 5.74) is 1.29. The maximum Gasteiger partial charge on any atom is 0.250 e. The monoisotopic (exact) mass is 250 g/mol. The fourth-order valence-electron chi connectivity index (χ4n) is 1.79. The Hall–Kier alpha value is -1.59. The van der Waals surface area contributed by atoms with E-state index in [1.54, 1.807) is 18.2 Å². The molecule has 1 aliphatic heterocycles. The lowest BCUT2D eigenvalue weighted by Crippen LogP contribution is -2.59. The van der Waals surface area contributed by atoms with Crippen molar-refractivity contribution in [2.45, 2.75) is 19.4 Å². The number of carbonyl (C=O) groups excluding carboxylic acids is 1. The van der Waals surface area contributed by atoms with Gasteiger partial charge in [0.2, 0.25) is 5.91 Å². The number of hydrogen-bond donors (Lipinski definition) is 3. The van der Waals surface area contributed by atoms with Gasteiger partial charge in [0.15, 0.2) is 0 Å². The fraction of sp³-hybridized carbons (Fsp3) is 0.462. The SMILES string of the molecule is Cc1cc(O)ccc1NC(=O)COC1(C)CNC1. The first kappa shape index (κ1) is 12.9. The van der Waals surface area contributed by atoms with Gasteiger partial charge in [-0.05, 0) is 37.6 Å². The van der Waals surface area contributed by atoms with Gasteiger partial charge in [-0.2, -0.15) is 0 Å². The topological polar surface area (TPSA) is 70.6 Å². The molecule has 1 fully saturated rings. The Morgan fingerprint density at radius 2 is 2.28 bits per heavy atom. The number of phenolic OH excluding ortho intramolecular Hbond substituents is 1. The van der Waals surface area contributed by atoms with Crippen molar-refractivity contribution in [3.8, 4) is 5.75 Å². The van der Waals surface area contributed by atoms with Crippen molar-refractivity contribution in [1.29, 1.82) is 0 Å². The van der Waals surface area contributed by atoms with Gasteiger partial charge in [0.1, 0.15) is 12.4 Å².